The average Bonchev–Trinajstić information content (AvgIpc) is 2.41. The van der Waals surface area contributed by atoms with Crippen LogP contribution in [0.5, 0.6) is 0 Å². The smallest absolute Gasteiger partial charge is 0.0237 e. The van der Waals surface area contributed by atoms with E-state index in [0.29, 0.717) is 6.04 Å². The molecule has 0 atom stereocenters. The van der Waals surface area contributed by atoms with Crippen molar-refractivity contribution >= 4 is 11.8 Å². The lowest BCUT2D eigenvalue weighted by Gasteiger charge is -2.27. The molecule has 1 fully saturated rings. The van der Waals surface area contributed by atoms with Crippen molar-refractivity contribution in [1.82, 2.24) is 10.2 Å². The third-order valence-corrected chi connectivity index (χ3v) is 4.51. The maximum Gasteiger partial charge on any atom is 0.0237 e. The zero-order valence-corrected chi connectivity index (χ0v) is 13.0. The van der Waals surface area contributed by atoms with E-state index in [1.165, 1.54) is 35.7 Å². The van der Waals surface area contributed by atoms with Crippen LogP contribution in [0.4, 0.5) is 0 Å². The number of thioether (sulfide) groups is 1. The van der Waals surface area contributed by atoms with Gasteiger partial charge >= 0.3 is 0 Å². The van der Waals surface area contributed by atoms with Gasteiger partial charge in [-0.2, -0.15) is 11.8 Å². The largest absolute Gasteiger partial charge is 0.314 e. The molecule has 1 aromatic carbocycles. The Bertz CT molecular complexity index is 373. The topological polar surface area (TPSA) is 15.3 Å². The molecule has 1 aromatic rings. The van der Waals surface area contributed by atoms with Crippen LogP contribution in [0, 0.1) is 0 Å². The van der Waals surface area contributed by atoms with Gasteiger partial charge in [0.2, 0.25) is 0 Å². The lowest BCUT2D eigenvalue weighted by Crippen LogP contribution is -2.32. The SMILES string of the molecule is CC(C)NCCc1ccccc1CN1CCSCC1. The van der Waals surface area contributed by atoms with Crippen LogP contribution in [-0.4, -0.2) is 42.1 Å². The van der Waals surface area contributed by atoms with Gasteiger partial charge in [0.25, 0.3) is 0 Å². The first-order chi connectivity index (χ1) is 9.25. The molecule has 0 bridgehead atoms. The fourth-order valence-electron chi connectivity index (χ4n) is 2.45. The molecule has 1 saturated heterocycles. The summed E-state index contributed by atoms with van der Waals surface area (Å²) >= 11 is 2.08. The minimum absolute atomic E-state index is 0.575. The van der Waals surface area contributed by atoms with Gasteiger partial charge in [0, 0.05) is 37.2 Å². The van der Waals surface area contributed by atoms with Gasteiger partial charge in [-0.25, -0.2) is 0 Å². The van der Waals surface area contributed by atoms with Crippen molar-refractivity contribution in [2.45, 2.75) is 32.9 Å². The van der Waals surface area contributed by atoms with Gasteiger partial charge in [0.1, 0.15) is 0 Å². The minimum Gasteiger partial charge on any atom is -0.314 e. The van der Waals surface area contributed by atoms with Crippen molar-refractivity contribution in [2.75, 3.05) is 31.1 Å². The van der Waals surface area contributed by atoms with E-state index in [9.17, 15) is 0 Å². The first-order valence-electron chi connectivity index (χ1n) is 7.36. The summed E-state index contributed by atoms with van der Waals surface area (Å²) in [5, 5.41) is 3.51. The molecule has 0 saturated carbocycles. The summed E-state index contributed by atoms with van der Waals surface area (Å²) in [4.78, 5) is 2.59. The van der Waals surface area contributed by atoms with Crippen molar-refractivity contribution < 1.29 is 0 Å². The molecule has 0 amide bonds. The number of nitrogens with zero attached hydrogens (tertiary/aromatic N) is 1. The maximum absolute atomic E-state index is 3.51. The van der Waals surface area contributed by atoms with E-state index in [2.05, 4.69) is 60.1 Å². The molecular formula is C16H26N2S. The van der Waals surface area contributed by atoms with Crippen LogP contribution in [-0.2, 0) is 13.0 Å². The van der Waals surface area contributed by atoms with E-state index in [4.69, 9.17) is 0 Å². The minimum atomic E-state index is 0.575. The summed E-state index contributed by atoms with van der Waals surface area (Å²) in [6.07, 6.45) is 1.14. The Morgan fingerprint density at radius 1 is 1.16 bits per heavy atom. The Morgan fingerprint density at radius 3 is 2.53 bits per heavy atom. The monoisotopic (exact) mass is 278 g/mol. The molecule has 1 aliphatic heterocycles. The lowest BCUT2D eigenvalue weighted by atomic mass is 10.0. The summed E-state index contributed by atoms with van der Waals surface area (Å²) in [5.74, 6) is 2.58. The molecule has 0 unspecified atom stereocenters. The van der Waals surface area contributed by atoms with Gasteiger partial charge in [-0.05, 0) is 24.1 Å². The molecular weight excluding hydrogens is 252 g/mol. The maximum atomic E-state index is 3.51. The zero-order chi connectivity index (χ0) is 13.5. The molecule has 2 rings (SSSR count). The van der Waals surface area contributed by atoms with E-state index >= 15 is 0 Å². The second kappa shape index (κ2) is 7.93. The number of hydrogen-bond donors (Lipinski definition) is 1. The molecule has 19 heavy (non-hydrogen) atoms. The van der Waals surface area contributed by atoms with E-state index in [-0.39, 0.29) is 0 Å². The molecule has 0 aliphatic carbocycles. The molecule has 1 aliphatic rings. The van der Waals surface area contributed by atoms with Crippen LogP contribution in [0.25, 0.3) is 0 Å². The second-order valence-corrected chi connectivity index (χ2v) is 6.74. The van der Waals surface area contributed by atoms with E-state index < -0.39 is 0 Å². The second-order valence-electron chi connectivity index (χ2n) is 5.52. The van der Waals surface area contributed by atoms with Gasteiger partial charge in [-0.1, -0.05) is 38.1 Å². The summed E-state index contributed by atoms with van der Waals surface area (Å²) in [6, 6.07) is 9.50. The fraction of sp³-hybridized carbons (Fsp3) is 0.625. The van der Waals surface area contributed by atoms with Crippen LogP contribution in [0.15, 0.2) is 24.3 Å². The zero-order valence-electron chi connectivity index (χ0n) is 12.2. The van der Waals surface area contributed by atoms with Gasteiger partial charge in [0.15, 0.2) is 0 Å². The third-order valence-electron chi connectivity index (χ3n) is 3.56. The normalized spacial score (nSPS) is 17.0. The first kappa shape index (κ1) is 14.9. The quantitative estimate of drug-likeness (QED) is 0.861. The van der Waals surface area contributed by atoms with E-state index in [0.717, 1.165) is 19.5 Å². The Morgan fingerprint density at radius 2 is 1.84 bits per heavy atom. The number of rotatable bonds is 6. The van der Waals surface area contributed by atoms with Crippen LogP contribution in [0.3, 0.4) is 0 Å². The molecule has 0 aromatic heterocycles. The number of nitrogens with one attached hydrogen (secondary N) is 1. The Kier molecular flexibility index (Phi) is 6.21. The van der Waals surface area contributed by atoms with Crippen molar-refractivity contribution in [3.05, 3.63) is 35.4 Å². The summed E-state index contributed by atoms with van der Waals surface area (Å²) in [6.45, 7) is 9.09. The molecule has 1 N–H and O–H groups in total. The van der Waals surface area contributed by atoms with Crippen molar-refractivity contribution in [2.24, 2.45) is 0 Å². The molecule has 0 spiro atoms. The van der Waals surface area contributed by atoms with Crippen LogP contribution >= 0.6 is 11.8 Å². The van der Waals surface area contributed by atoms with E-state index in [1.807, 2.05) is 0 Å². The highest BCUT2D eigenvalue weighted by molar-refractivity contribution is 7.99. The number of benzene rings is 1. The summed E-state index contributed by atoms with van der Waals surface area (Å²) in [5.41, 5.74) is 3.02. The summed E-state index contributed by atoms with van der Waals surface area (Å²) < 4.78 is 0. The van der Waals surface area contributed by atoms with Gasteiger partial charge in [0.05, 0.1) is 0 Å². The van der Waals surface area contributed by atoms with Crippen LogP contribution in [0.1, 0.15) is 25.0 Å². The van der Waals surface area contributed by atoms with Crippen LogP contribution in [0.2, 0.25) is 0 Å². The lowest BCUT2D eigenvalue weighted by molar-refractivity contribution is 0.293. The highest BCUT2D eigenvalue weighted by atomic mass is 32.2. The van der Waals surface area contributed by atoms with Gasteiger partial charge in [-0.3, -0.25) is 4.90 Å². The fourth-order valence-corrected chi connectivity index (χ4v) is 3.43. The number of hydrogen-bond acceptors (Lipinski definition) is 3. The van der Waals surface area contributed by atoms with Crippen molar-refractivity contribution in [3.8, 4) is 0 Å². The Balaban J connectivity index is 1.91. The molecule has 1 heterocycles. The van der Waals surface area contributed by atoms with E-state index in [1.54, 1.807) is 0 Å². The highest BCUT2D eigenvalue weighted by Crippen LogP contribution is 2.16. The third kappa shape index (κ3) is 5.17. The highest BCUT2D eigenvalue weighted by Gasteiger charge is 2.12. The molecule has 106 valence electrons. The van der Waals surface area contributed by atoms with Crippen LogP contribution < -0.4 is 5.32 Å². The summed E-state index contributed by atoms with van der Waals surface area (Å²) in [7, 11) is 0. The Labute approximate surface area is 122 Å². The standard InChI is InChI=1S/C16H26N2S/c1-14(2)17-8-7-15-5-3-4-6-16(15)13-18-9-11-19-12-10-18/h3-6,14,17H,7-13H2,1-2H3. The predicted octanol–water partition coefficient (Wildman–Crippen LogP) is 2.78. The van der Waals surface area contributed by atoms with Crippen molar-refractivity contribution in [3.63, 3.8) is 0 Å². The van der Waals surface area contributed by atoms with Crippen molar-refractivity contribution in [1.29, 1.82) is 0 Å². The molecule has 0 radical (unpaired) electrons. The Hall–Kier alpha value is -0.510. The molecule has 3 heteroatoms. The van der Waals surface area contributed by atoms with Gasteiger partial charge in [-0.15, -0.1) is 0 Å². The average molecular weight is 278 g/mol. The molecule has 2 nitrogen and oxygen atoms in total. The van der Waals surface area contributed by atoms with Gasteiger partial charge < -0.3 is 5.32 Å². The first-order valence-corrected chi connectivity index (χ1v) is 8.51. The predicted molar refractivity (Wildman–Crippen MR) is 85.9 cm³/mol.